The number of likely N-dealkylation sites (tertiary alicyclic amines) is 2. The minimum atomic E-state index is -0.228. The maximum atomic E-state index is 13.3. The summed E-state index contributed by atoms with van der Waals surface area (Å²) in [6.07, 6.45) is 3.85. The van der Waals surface area contributed by atoms with Crippen molar-refractivity contribution in [1.29, 1.82) is 0 Å². The summed E-state index contributed by atoms with van der Waals surface area (Å²) in [5.41, 5.74) is 1.63. The predicted octanol–water partition coefficient (Wildman–Crippen LogP) is 2.75. The van der Waals surface area contributed by atoms with Crippen LogP contribution < -0.4 is 0 Å². The number of H-pyrrole nitrogens is 1. The van der Waals surface area contributed by atoms with Gasteiger partial charge in [-0.15, -0.1) is 0 Å². The van der Waals surface area contributed by atoms with Crippen molar-refractivity contribution in [2.24, 2.45) is 5.92 Å². The number of piperidine rings is 2. The highest BCUT2D eigenvalue weighted by molar-refractivity contribution is 5.76. The summed E-state index contributed by atoms with van der Waals surface area (Å²) in [6, 6.07) is 4.71. The molecule has 134 valence electrons. The smallest absolute Gasteiger partial charge is 0.222 e. The number of aromatic nitrogens is 2. The summed E-state index contributed by atoms with van der Waals surface area (Å²) in [5, 5.41) is 0. The second-order valence-electron chi connectivity index (χ2n) is 7.54. The summed E-state index contributed by atoms with van der Waals surface area (Å²) in [5.74, 6) is 2.05. The van der Waals surface area contributed by atoms with E-state index in [2.05, 4.69) is 14.9 Å². The molecule has 1 N–H and O–H groups in total. The van der Waals surface area contributed by atoms with Crippen LogP contribution in [0.25, 0.3) is 11.0 Å². The second kappa shape index (κ2) is 6.75. The van der Waals surface area contributed by atoms with Crippen molar-refractivity contribution in [3.63, 3.8) is 0 Å². The Morgan fingerprint density at radius 1 is 1.28 bits per heavy atom. The molecule has 2 saturated heterocycles. The average Bonchev–Trinajstić information content (AvgIpc) is 3.02. The van der Waals surface area contributed by atoms with Crippen molar-refractivity contribution in [3.05, 3.63) is 29.8 Å². The van der Waals surface area contributed by atoms with Crippen molar-refractivity contribution < 1.29 is 9.18 Å². The molecule has 2 aliphatic heterocycles. The standard InChI is InChI=1S/C19H25FN4O/c1-23-11-13(2-5-18(23)25)12-24-8-6-14(7-9-24)19-21-16-4-3-15(20)10-17(16)22-19/h3-4,10,13-14H,2,5-9,11-12H2,1H3,(H,21,22). The van der Waals surface area contributed by atoms with E-state index in [0.29, 0.717) is 18.3 Å². The maximum absolute atomic E-state index is 13.3. The minimum absolute atomic E-state index is 0.228. The van der Waals surface area contributed by atoms with E-state index in [0.717, 1.165) is 62.3 Å². The number of carbonyl (C=O) groups excluding carboxylic acids is 1. The Morgan fingerprint density at radius 3 is 2.84 bits per heavy atom. The highest BCUT2D eigenvalue weighted by Gasteiger charge is 2.28. The first-order chi connectivity index (χ1) is 12.1. The molecule has 5 nitrogen and oxygen atoms in total. The number of carbonyl (C=O) groups is 1. The largest absolute Gasteiger partial charge is 0.345 e. The number of halogens is 1. The number of nitrogens with one attached hydrogen (secondary N) is 1. The fourth-order valence-electron chi connectivity index (χ4n) is 4.20. The van der Waals surface area contributed by atoms with Gasteiger partial charge in [0.15, 0.2) is 0 Å². The number of nitrogens with zero attached hydrogens (tertiary/aromatic N) is 3. The molecule has 6 heteroatoms. The van der Waals surface area contributed by atoms with Crippen LogP contribution in [0.15, 0.2) is 18.2 Å². The van der Waals surface area contributed by atoms with Gasteiger partial charge in [-0.1, -0.05) is 0 Å². The van der Waals surface area contributed by atoms with Crippen molar-refractivity contribution in [2.45, 2.75) is 31.6 Å². The number of rotatable bonds is 3. The number of hydrogen-bond acceptors (Lipinski definition) is 3. The molecule has 0 bridgehead atoms. The maximum Gasteiger partial charge on any atom is 0.222 e. The fraction of sp³-hybridized carbons (Fsp3) is 0.579. The van der Waals surface area contributed by atoms with Gasteiger partial charge < -0.3 is 14.8 Å². The molecule has 0 spiro atoms. The summed E-state index contributed by atoms with van der Waals surface area (Å²) >= 11 is 0. The van der Waals surface area contributed by atoms with E-state index >= 15 is 0 Å². The number of imidazole rings is 1. The van der Waals surface area contributed by atoms with Gasteiger partial charge in [0.1, 0.15) is 11.6 Å². The summed E-state index contributed by atoms with van der Waals surface area (Å²) in [4.78, 5) is 23.9. The zero-order chi connectivity index (χ0) is 17.4. The van der Waals surface area contributed by atoms with Gasteiger partial charge in [0.25, 0.3) is 0 Å². The molecule has 1 amide bonds. The molecule has 2 fully saturated rings. The normalized spacial score (nSPS) is 23.5. The molecule has 2 aromatic rings. The average molecular weight is 344 g/mol. The Hall–Kier alpha value is -1.95. The highest BCUT2D eigenvalue weighted by atomic mass is 19.1. The van der Waals surface area contributed by atoms with Crippen LogP contribution in [-0.4, -0.2) is 58.9 Å². The number of hydrogen-bond donors (Lipinski definition) is 1. The lowest BCUT2D eigenvalue weighted by Gasteiger charge is -2.36. The Bertz CT molecular complexity index is 766. The fourth-order valence-corrected chi connectivity index (χ4v) is 4.20. The molecule has 4 rings (SSSR count). The Morgan fingerprint density at radius 2 is 2.08 bits per heavy atom. The first kappa shape index (κ1) is 16.5. The van der Waals surface area contributed by atoms with Gasteiger partial charge in [-0.2, -0.15) is 0 Å². The van der Waals surface area contributed by atoms with Crippen molar-refractivity contribution in [2.75, 3.05) is 33.2 Å². The Balaban J connectivity index is 1.34. The van der Waals surface area contributed by atoms with Crippen LogP contribution in [-0.2, 0) is 4.79 Å². The van der Waals surface area contributed by atoms with Gasteiger partial charge in [-0.05, 0) is 56.5 Å². The van der Waals surface area contributed by atoms with Crippen LogP contribution in [0.1, 0.15) is 37.4 Å². The van der Waals surface area contributed by atoms with Gasteiger partial charge in [0.05, 0.1) is 11.0 Å². The molecule has 3 heterocycles. The first-order valence-corrected chi connectivity index (χ1v) is 9.20. The van der Waals surface area contributed by atoms with Crippen LogP contribution in [0.5, 0.6) is 0 Å². The van der Waals surface area contributed by atoms with E-state index < -0.39 is 0 Å². The zero-order valence-electron chi connectivity index (χ0n) is 14.7. The van der Waals surface area contributed by atoms with Gasteiger partial charge in [-0.3, -0.25) is 4.79 Å². The molecule has 0 saturated carbocycles. The lowest BCUT2D eigenvalue weighted by molar-refractivity contribution is -0.133. The SMILES string of the molecule is CN1CC(CN2CCC(c3nc4ccc(F)cc4[nH]3)CC2)CCC1=O. The van der Waals surface area contributed by atoms with Crippen molar-refractivity contribution >= 4 is 16.9 Å². The van der Waals surface area contributed by atoms with Gasteiger partial charge in [0.2, 0.25) is 5.91 Å². The first-order valence-electron chi connectivity index (χ1n) is 9.20. The number of benzene rings is 1. The van der Waals surface area contributed by atoms with Crippen LogP contribution >= 0.6 is 0 Å². The lowest BCUT2D eigenvalue weighted by Crippen LogP contribution is -2.43. The molecule has 0 aliphatic carbocycles. The number of amides is 1. The topological polar surface area (TPSA) is 52.2 Å². The number of aromatic amines is 1. The molecule has 25 heavy (non-hydrogen) atoms. The van der Waals surface area contributed by atoms with E-state index in [1.54, 1.807) is 6.07 Å². The Kier molecular flexibility index (Phi) is 4.46. The molecular formula is C19H25FN4O. The van der Waals surface area contributed by atoms with E-state index in [-0.39, 0.29) is 11.7 Å². The quantitative estimate of drug-likeness (QED) is 0.931. The Labute approximate surface area is 147 Å². The van der Waals surface area contributed by atoms with Crippen LogP contribution in [0.3, 0.4) is 0 Å². The van der Waals surface area contributed by atoms with Crippen LogP contribution in [0.4, 0.5) is 4.39 Å². The summed E-state index contributed by atoms with van der Waals surface area (Å²) < 4.78 is 13.3. The zero-order valence-corrected chi connectivity index (χ0v) is 14.7. The summed E-state index contributed by atoms with van der Waals surface area (Å²) in [7, 11) is 1.91. The third kappa shape index (κ3) is 3.54. The number of fused-ring (bicyclic) bond motifs is 1. The second-order valence-corrected chi connectivity index (χ2v) is 7.54. The lowest BCUT2D eigenvalue weighted by atomic mass is 9.93. The van der Waals surface area contributed by atoms with E-state index in [9.17, 15) is 9.18 Å². The predicted molar refractivity (Wildman–Crippen MR) is 94.8 cm³/mol. The van der Waals surface area contributed by atoms with Crippen molar-refractivity contribution in [3.8, 4) is 0 Å². The van der Waals surface area contributed by atoms with Gasteiger partial charge in [-0.25, -0.2) is 9.37 Å². The monoisotopic (exact) mass is 344 g/mol. The molecule has 1 aromatic carbocycles. The van der Waals surface area contributed by atoms with Crippen LogP contribution in [0, 0.1) is 11.7 Å². The molecule has 0 radical (unpaired) electrons. The minimum Gasteiger partial charge on any atom is -0.345 e. The molecule has 1 aromatic heterocycles. The molecule has 1 unspecified atom stereocenters. The van der Waals surface area contributed by atoms with E-state index in [1.165, 1.54) is 12.1 Å². The van der Waals surface area contributed by atoms with Gasteiger partial charge in [0, 0.05) is 32.5 Å². The van der Waals surface area contributed by atoms with E-state index in [4.69, 9.17) is 0 Å². The third-order valence-electron chi connectivity index (χ3n) is 5.68. The van der Waals surface area contributed by atoms with Gasteiger partial charge >= 0.3 is 0 Å². The molecule has 2 aliphatic rings. The highest BCUT2D eigenvalue weighted by Crippen LogP contribution is 2.29. The third-order valence-corrected chi connectivity index (χ3v) is 5.68. The summed E-state index contributed by atoms with van der Waals surface area (Å²) in [6.45, 7) is 4.08. The van der Waals surface area contributed by atoms with Crippen molar-refractivity contribution in [1.82, 2.24) is 19.8 Å². The molecule has 1 atom stereocenters. The molecular weight excluding hydrogens is 319 g/mol. The van der Waals surface area contributed by atoms with E-state index in [1.807, 2.05) is 11.9 Å². The van der Waals surface area contributed by atoms with Crippen LogP contribution in [0.2, 0.25) is 0 Å².